The van der Waals surface area contributed by atoms with Crippen molar-refractivity contribution >= 4 is 23.1 Å². The number of pyridine rings is 1. The van der Waals surface area contributed by atoms with Crippen molar-refractivity contribution in [1.29, 1.82) is 0 Å². The molecule has 0 radical (unpaired) electrons. The molecule has 1 aromatic heterocycles. The van der Waals surface area contributed by atoms with Crippen LogP contribution in [-0.4, -0.2) is 30.3 Å². The summed E-state index contributed by atoms with van der Waals surface area (Å²) in [5, 5.41) is 9.11. The van der Waals surface area contributed by atoms with E-state index in [4.69, 9.17) is 22.4 Å². The third-order valence-corrected chi connectivity index (χ3v) is 1.88. The van der Waals surface area contributed by atoms with Crippen LogP contribution in [0.15, 0.2) is 12.1 Å². The summed E-state index contributed by atoms with van der Waals surface area (Å²) < 4.78 is 0. The largest absolute Gasteiger partial charge is 0.396 e. The highest BCUT2D eigenvalue weighted by molar-refractivity contribution is 6.29. The number of likely N-dealkylation sites (N-methyl/N-ethyl adjacent to an activating group) is 1. The zero-order valence-corrected chi connectivity index (χ0v) is 8.12. The van der Waals surface area contributed by atoms with Crippen LogP contribution in [0.25, 0.3) is 0 Å². The van der Waals surface area contributed by atoms with Gasteiger partial charge in [-0.15, -0.1) is 0 Å². The van der Waals surface area contributed by atoms with Gasteiger partial charge in [0.15, 0.2) is 5.82 Å². The molecule has 5 heteroatoms. The minimum atomic E-state index is 0.0597. The van der Waals surface area contributed by atoms with Crippen LogP contribution in [0, 0.1) is 0 Å². The highest BCUT2D eigenvalue weighted by Gasteiger charge is 2.06. The minimum Gasteiger partial charge on any atom is -0.396 e. The SMILES string of the molecule is CN(CCO)c1nc(Cl)ccc1N. The van der Waals surface area contributed by atoms with E-state index >= 15 is 0 Å². The lowest BCUT2D eigenvalue weighted by Gasteiger charge is -2.18. The smallest absolute Gasteiger partial charge is 0.153 e. The van der Waals surface area contributed by atoms with Gasteiger partial charge in [0.2, 0.25) is 0 Å². The third kappa shape index (κ3) is 2.47. The molecule has 0 aliphatic carbocycles. The number of nitrogens with two attached hydrogens (primary N) is 1. The van der Waals surface area contributed by atoms with Crippen molar-refractivity contribution < 1.29 is 5.11 Å². The Morgan fingerprint density at radius 1 is 1.62 bits per heavy atom. The molecule has 13 heavy (non-hydrogen) atoms. The van der Waals surface area contributed by atoms with E-state index in [1.54, 1.807) is 24.1 Å². The number of aliphatic hydroxyl groups excluding tert-OH is 1. The van der Waals surface area contributed by atoms with Crippen molar-refractivity contribution in [1.82, 2.24) is 4.98 Å². The first-order valence-corrected chi connectivity index (χ1v) is 4.27. The van der Waals surface area contributed by atoms with E-state index in [9.17, 15) is 0 Å². The zero-order valence-electron chi connectivity index (χ0n) is 7.37. The Balaban J connectivity index is 2.91. The maximum Gasteiger partial charge on any atom is 0.153 e. The number of hydrogen-bond acceptors (Lipinski definition) is 4. The van der Waals surface area contributed by atoms with Gasteiger partial charge in [0.1, 0.15) is 5.15 Å². The maximum atomic E-state index is 8.71. The number of rotatable bonds is 3. The standard InChI is InChI=1S/C8H12ClN3O/c1-12(4-5-13)8-6(10)2-3-7(9)11-8/h2-3,13H,4-5,10H2,1H3. The van der Waals surface area contributed by atoms with Crippen molar-refractivity contribution in [3.05, 3.63) is 17.3 Å². The molecule has 1 aromatic rings. The van der Waals surface area contributed by atoms with Crippen molar-refractivity contribution in [2.24, 2.45) is 0 Å². The lowest BCUT2D eigenvalue weighted by molar-refractivity contribution is 0.304. The second-order valence-corrected chi connectivity index (χ2v) is 3.08. The highest BCUT2D eigenvalue weighted by atomic mass is 35.5. The van der Waals surface area contributed by atoms with Crippen molar-refractivity contribution in [2.45, 2.75) is 0 Å². The molecule has 0 atom stereocenters. The molecule has 0 aliphatic heterocycles. The molecule has 0 bridgehead atoms. The van der Waals surface area contributed by atoms with Gasteiger partial charge in [-0.25, -0.2) is 4.98 Å². The van der Waals surface area contributed by atoms with E-state index in [2.05, 4.69) is 4.98 Å². The molecule has 0 spiro atoms. The van der Waals surface area contributed by atoms with Crippen LogP contribution in [-0.2, 0) is 0 Å². The molecule has 1 rings (SSSR count). The molecule has 4 nitrogen and oxygen atoms in total. The summed E-state index contributed by atoms with van der Waals surface area (Å²) in [6, 6.07) is 3.33. The van der Waals surface area contributed by atoms with Gasteiger partial charge in [-0.1, -0.05) is 11.6 Å². The van der Waals surface area contributed by atoms with Gasteiger partial charge in [0.25, 0.3) is 0 Å². The molecule has 0 fully saturated rings. The molecule has 0 aromatic carbocycles. The first kappa shape index (κ1) is 10.1. The molecule has 0 amide bonds. The molecule has 0 unspecified atom stereocenters. The molecule has 0 saturated heterocycles. The van der Waals surface area contributed by atoms with E-state index in [0.29, 0.717) is 23.2 Å². The van der Waals surface area contributed by atoms with Crippen LogP contribution < -0.4 is 10.6 Å². The molecule has 3 N–H and O–H groups in total. The summed E-state index contributed by atoms with van der Waals surface area (Å²) in [4.78, 5) is 5.80. The Morgan fingerprint density at radius 2 is 2.31 bits per heavy atom. The third-order valence-electron chi connectivity index (χ3n) is 1.67. The van der Waals surface area contributed by atoms with Crippen LogP contribution in [0.3, 0.4) is 0 Å². The van der Waals surface area contributed by atoms with E-state index in [0.717, 1.165) is 0 Å². The average molecular weight is 202 g/mol. The summed E-state index contributed by atoms with van der Waals surface area (Å²) in [6.45, 7) is 0.543. The van der Waals surface area contributed by atoms with Gasteiger partial charge in [0, 0.05) is 13.6 Å². The lowest BCUT2D eigenvalue weighted by atomic mass is 10.3. The summed E-state index contributed by atoms with van der Waals surface area (Å²) in [5.74, 6) is 0.599. The van der Waals surface area contributed by atoms with E-state index in [-0.39, 0.29) is 6.61 Å². The number of aliphatic hydroxyl groups is 1. The zero-order chi connectivity index (χ0) is 9.84. The minimum absolute atomic E-state index is 0.0597. The summed E-state index contributed by atoms with van der Waals surface area (Å²) in [5.41, 5.74) is 6.23. The van der Waals surface area contributed by atoms with Crippen LogP contribution >= 0.6 is 11.6 Å². The number of hydrogen-bond donors (Lipinski definition) is 2. The van der Waals surface area contributed by atoms with Crippen LogP contribution in [0.1, 0.15) is 0 Å². The Labute approximate surface area is 81.9 Å². The lowest BCUT2D eigenvalue weighted by Crippen LogP contribution is -2.23. The van der Waals surface area contributed by atoms with Gasteiger partial charge in [-0.2, -0.15) is 0 Å². The molecule has 0 aliphatic rings. The van der Waals surface area contributed by atoms with Gasteiger partial charge in [-0.3, -0.25) is 0 Å². The average Bonchev–Trinajstić information content (AvgIpc) is 2.09. The number of nitrogens with zero attached hydrogens (tertiary/aromatic N) is 2. The van der Waals surface area contributed by atoms with Crippen LogP contribution in [0.2, 0.25) is 5.15 Å². The molecular weight excluding hydrogens is 190 g/mol. The molecular formula is C8H12ClN3O. The van der Waals surface area contributed by atoms with Crippen molar-refractivity contribution in [2.75, 3.05) is 30.8 Å². The quantitative estimate of drug-likeness (QED) is 0.709. The topological polar surface area (TPSA) is 62.4 Å². The van der Waals surface area contributed by atoms with Gasteiger partial charge in [-0.05, 0) is 12.1 Å². The first-order valence-electron chi connectivity index (χ1n) is 3.89. The summed E-state index contributed by atoms with van der Waals surface area (Å²) >= 11 is 5.71. The molecule has 1 heterocycles. The van der Waals surface area contributed by atoms with Gasteiger partial charge < -0.3 is 15.7 Å². The van der Waals surface area contributed by atoms with Gasteiger partial charge >= 0.3 is 0 Å². The second-order valence-electron chi connectivity index (χ2n) is 2.69. The normalized spacial score (nSPS) is 10.1. The van der Waals surface area contributed by atoms with E-state index in [1.165, 1.54) is 0 Å². The van der Waals surface area contributed by atoms with Gasteiger partial charge in [0.05, 0.1) is 12.3 Å². The van der Waals surface area contributed by atoms with Crippen LogP contribution in [0.4, 0.5) is 11.5 Å². The fourth-order valence-corrected chi connectivity index (χ4v) is 1.14. The first-order chi connectivity index (χ1) is 6.15. The number of aromatic nitrogens is 1. The van der Waals surface area contributed by atoms with Crippen molar-refractivity contribution in [3.8, 4) is 0 Å². The molecule has 0 saturated carbocycles. The fraction of sp³-hybridized carbons (Fsp3) is 0.375. The monoisotopic (exact) mass is 201 g/mol. The maximum absolute atomic E-state index is 8.71. The number of nitrogen functional groups attached to an aromatic ring is 1. The fourth-order valence-electron chi connectivity index (χ4n) is 0.998. The summed E-state index contributed by atoms with van der Waals surface area (Å²) in [7, 11) is 1.80. The Hall–Kier alpha value is -1.00. The van der Waals surface area contributed by atoms with Crippen molar-refractivity contribution in [3.63, 3.8) is 0 Å². The Morgan fingerprint density at radius 3 is 2.92 bits per heavy atom. The van der Waals surface area contributed by atoms with E-state index < -0.39 is 0 Å². The summed E-state index contributed by atoms with van der Waals surface area (Å²) in [6.07, 6.45) is 0. The predicted molar refractivity (Wildman–Crippen MR) is 54.0 cm³/mol. The van der Waals surface area contributed by atoms with Crippen LogP contribution in [0.5, 0.6) is 0 Å². The Kier molecular flexibility index (Phi) is 3.33. The Bertz CT molecular complexity index is 293. The predicted octanol–water partition coefficient (Wildman–Crippen LogP) is 0.746. The number of halogens is 1. The molecule has 72 valence electrons. The second kappa shape index (κ2) is 4.30. The van der Waals surface area contributed by atoms with E-state index in [1.807, 2.05) is 0 Å². The number of anilines is 2. The highest BCUT2D eigenvalue weighted by Crippen LogP contribution is 2.21.